The van der Waals surface area contributed by atoms with E-state index >= 15 is 0 Å². The molecule has 2 rings (SSSR count). The summed E-state index contributed by atoms with van der Waals surface area (Å²) in [7, 11) is 1.42. The molecule has 0 amide bonds. The van der Waals surface area contributed by atoms with Crippen molar-refractivity contribution in [1.82, 2.24) is 14.3 Å². The molecule has 9 nitrogen and oxygen atoms in total. The van der Waals surface area contributed by atoms with Gasteiger partial charge in [0.25, 0.3) is 5.88 Å². The second-order valence-corrected chi connectivity index (χ2v) is 10.2. The lowest BCUT2D eigenvalue weighted by Gasteiger charge is -2.23. The zero-order valence-corrected chi connectivity index (χ0v) is 21.9. The topological polar surface area (TPSA) is 113 Å². The molecular weight excluding hydrogens is 470 g/mol. The van der Waals surface area contributed by atoms with Crippen LogP contribution in [0.4, 0.5) is 0 Å². The summed E-state index contributed by atoms with van der Waals surface area (Å²) in [6, 6.07) is 7.19. The number of aryl methyl sites for hydroxylation is 1. The Morgan fingerprint density at radius 1 is 1.03 bits per heavy atom. The van der Waals surface area contributed by atoms with Gasteiger partial charge in [0.2, 0.25) is 0 Å². The van der Waals surface area contributed by atoms with Crippen molar-refractivity contribution >= 4 is 17.7 Å². The van der Waals surface area contributed by atoms with Gasteiger partial charge in [0.15, 0.2) is 0 Å². The first-order valence-corrected chi connectivity index (χ1v) is 13.0. The minimum Gasteiger partial charge on any atom is -0.490 e. The first kappa shape index (κ1) is 28.5. The number of aliphatic carboxylic acids is 1. The lowest BCUT2D eigenvalue weighted by molar-refractivity contribution is -0.139. The monoisotopic (exact) mass is 507 g/mol. The van der Waals surface area contributed by atoms with E-state index in [1.165, 1.54) is 23.5 Å². The molecule has 1 aromatic heterocycles. The first-order chi connectivity index (χ1) is 16.7. The van der Waals surface area contributed by atoms with E-state index in [0.29, 0.717) is 18.7 Å². The van der Waals surface area contributed by atoms with Gasteiger partial charge in [0.1, 0.15) is 23.7 Å². The second kappa shape index (κ2) is 14.0. The fourth-order valence-corrected chi connectivity index (χ4v) is 4.73. The van der Waals surface area contributed by atoms with Crippen LogP contribution in [-0.4, -0.2) is 43.4 Å². The number of unbranched alkanes of at least 4 members (excludes halogenated alkanes) is 4. The maximum atomic E-state index is 12.3. The zero-order chi connectivity index (χ0) is 25.8. The van der Waals surface area contributed by atoms with Gasteiger partial charge in [-0.25, -0.2) is 9.48 Å². The van der Waals surface area contributed by atoms with E-state index in [-0.39, 0.29) is 19.1 Å². The Morgan fingerprint density at radius 3 is 2.31 bits per heavy atom. The van der Waals surface area contributed by atoms with Crippen LogP contribution in [0.25, 0.3) is 0 Å². The summed E-state index contributed by atoms with van der Waals surface area (Å²) in [5.41, 5.74) is -1.03. The zero-order valence-electron chi connectivity index (χ0n) is 21.1. The van der Waals surface area contributed by atoms with Gasteiger partial charge in [-0.15, -0.1) is 16.9 Å². The maximum Gasteiger partial charge on any atom is 0.347 e. The third kappa shape index (κ3) is 8.45. The highest BCUT2D eigenvalue weighted by molar-refractivity contribution is 8.01. The summed E-state index contributed by atoms with van der Waals surface area (Å²) in [5.74, 6) is -0.354. The Kier molecular flexibility index (Phi) is 11.4. The number of carbonyl (C=O) groups is 1. The molecule has 1 heterocycles. The van der Waals surface area contributed by atoms with E-state index in [0.717, 1.165) is 48.0 Å². The van der Waals surface area contributed by atoms with E-state index in [1.54, 1.807) is 19.1 Å². The van der Waals surface area contributed by atoms with Gasteiger partial charge in [-0.2, -0.15) is 0 Å². The van der Waals surface area contributed by atoms with Crippen molar-refractivity contribution in [1.29, 1.82) is 0 Å². The van der Waals surface area contributed by atoms with Crippen molar-refractivity contribution in [2.75, 3.05) is 13.2 Å². The molecule has 0 saturated heterocycles. The third-order valence-electron chi connectivity index (χ3n) is 5.62. The molecule has 0 bridgehead atoms. The number of thioether (sulfide) groups is 1. The number of ether oxygens (including phenoxy) is 2. The molecule has 0 aliphatic rings. The standard InChI is InChI=1S/C25H37N3O6S/c1-5-7-8-9-10-16-28-24(32)27(4)22(29)21(26-28)34-18-17-33-19-11-13-20(14-12-19)35-25(3,15-6-2)23(30)31/h11-14H,5-10,15-18H2,1-4H3,(H,30,31). The minimum absolute atomic E-state index is 0.0844. The van der Waals surface area contributed by atoms with E-state index in [1.807, 2.05) is 19.1 Å². The molecule has 1 aromatic carbocycles. The number of nitrogens with zero attached hydrogens (tertiary/aromatic N) is 3. The number of hydrogen-bond donors (Lipinski definition) is 1. The number of rotatable bonds is 16. The lowest BCUT2D eigenvalue weighted by Crippen LogP contribution is -2.40. The summed E-state index contributed by atoms with van der Waals surface area (Å²) in [6.45, 7) is 6.55. The van der Waals surface area contributed by atoms with Gasteiger partial charge in [-0.1, -0.05) is 46.0 Å². The fraction of sp³-hybridized carbons (Fsp3) is 0.600. The van der Waals surface area contributed by atoms with Crippen LogP contribution < -0.4 is 20.7 Å². The molecule has 0 saturated carbocycles. The number of hydrogen-bond acceptors (Lipinski definition) is 7. The molecule has 35 heavy (non-hydrogen) atoms. The van der Waals surface area contributed by atoms with Crippen molar-refractivity contribution in [2.45, 2.75) is 81.9 Å². The van der Waals surface area contributed by atoms with Crippen LogP contribution in [-0.2, 0) is 18.4 Å². The SMILES string of the molecule is CCCCCCCn1nc(OCCOc2ccc(SC(C)(CCC)C(=O)O)cc2)c(=O)n(C)c1=O. The quantitative estimate of drug-likeness (QED) is 0.267. The van der Waals surface area contributed by atoms with Crippen LogP contribution in [0, 0.1) is 0 Å². The van der Waals surface area contributed by atoms with Gasteiger partial charge in [0, 0.05) is 18.5 Å². The van der Waals surface area contributed by atoms with Crippen LogP contribution in [0.1, 0.15) is 65.7 Å². The third-order valence-corrected chi connectivity index (χ3v) is 6.95. The van der Waals surface area contributed by atoms with Crippen LogP contribution in [0.15, 0.2) is 38.8 Å². The van der Waals surface area contributed by atoms with Crippen LogP contribution in [0.5, 0.6) is 11.6 Å². The molecule has 10 heteroatoms. The summed E-state index contributed by atoms with van der Waals surface area (Å²) in [6.07, 6.45) is 6.57. The molecule has 0 radical (unpaired) electrons. The van der Waals surface area contributed by atoms with Crippen molar-refractivity contribution in [3.8, 4) is 11.6 Å². The fourth-order valence-electron chi connectivity index (χ4n) is 3.54. The Labute approximate surface area is 210 Å². The molecule has 0 aliphatic carbocycles. The molecule has 0 spiro atoms. The van der Waals surface area contributed by atoms with Gasteiger partial charge < -0.3 is 14.6 Å². The van der Waals surface area contributed by atoms with Crippen molar-refractivity contribution in [3.63, 3.8) is 0 Å². The molecule has 0 fully saturated rings. The lowest BCUT2D eigenvalue weighted by atomic mass is 10.1. The average molecular weight is 508 g/mol. The van der Waals surface area contributed by atoms with E-state index in [2.05, 4.69) is 12.0 Å². The van der Waals surface area contributed by atoms with Gasteiger partial charge in [-0.3, -0.25) is 14.2 Å². The van der Waals surface area contributed by atoms with Crippen LogP contribution in [0.2, 0.25) is 0 Å². The average Bonchev–Trinajstić information content (AvgIpc) is 2.83. The summed E-state index contributed by atoms with van der Waals surface area (Å²) >= 11 is 1.32. The number of carboxylic acid groups (broad SMARTS) is 1. The number of aromatic nitrogens is 3. The molecule has 1 atom stereocenters. The highest BCUT2D eigenvalue weighted by Gasteiger charge is 2.33. The largest absolute Gasteiger partial charge is 0.490 e. The summed E-state index contributed by atoms with van der Waals surface area (Å²) in [5, 5.41) is 13.7. The van der Waals surface area contributed by atoms with Gasteiger partial charge in [-0.05, 0) is 44.0 Å². The minimum atomic E-state index is -0.879. The smallest absolute Gasteiger partial charge is 0.347 e. The van der Waals surface area contributed by atoms with E-state index in [4.69, 9.17) is 9.47 Å². The molecule has 2 aromatic rings. The second-order valence-electron chi connectivity index (χ2n) is 8.65. The number of benzene rings is 1. The molecule has 194 valence electrons. The Morgan fingerprint density at radius 2 is 1.69 bits per heavy atom. The van der Waals surface area contributed by atoms with Crippen molar-refractivity contribution < 1.29 is 19.4 Å². The van der Waals surface area contributed by atoms with Crippen LogP contribution in [0.3, 0.4) is 0 Å². The normalized spacial score (nSPS) is 12.8. The Bertz CT molecular complexity index is 1070. The molecule has 1 N–H and O–H groups in total. The summed E-state index contributed by atoms with van der Waals surface area (Å²) < 4.78 is 12.6. The predicted octanol–water partition coefficient (Wildman–Crippen LogP) is 4.11. The molecule has 0 aliphatic heterocycles. The molecular formula is C25H37N3O6S. The highest BCUT2D eigenvalue weighted by Crippen LogP contribution is 2.37. The number of carboxylic acids is 1. The maximum absolute atomic E-state index is 12.3. The Hall–Kier alpha value is -2.75. The summed E-state index contributed by atoms with van der Waals surface area (Å²) in [4.78, 5) is 37.1. The van der Waals surface area contributed by atoms with Crippen LogP contribution >= 0.6 is 11.8 Å². The van der Waals surface area contributed by atoms with Crippen molar-refractivity contribution in [3.05, 3.63) is 45.1 Å². The first-order valence-electron chi connectivity index (χ1n) is 12.2. The van der Waals surface area contributed by atoms with E-state index in [9.17, 15) is 19.5 Å². The van der Waals surface area contributed by atoms with E-state index < -0.39 is 22.0 Å². The predicted molar refractivity (Wildman–Crippen MR) is 137 cm³/mol. The molecule has 1 unspecified atom stereocenters. The van der Waals surface area contributed by atoms with Crippen molar-refractivity contribution in [2.24, 2.45) is 7.05 Å². The van der Waals surface area contributed by atoms with Gasteiger partial charge in [0.05, 0.1) is 0 Å². The van der Waals surface area contributed by atoms with Gasteiger partial charge >= 0.3 is 17.2 Å². The Balaban J connectivity index is 1.90. The highest BCUT2D eigenvalue weighted by atomic mass is 32.2.